The van der Waals surface area contributed by atoms with E-state index in [0.717, 1.165) is 12.8 Å². The van der Waals surface area contributed by atoms with Gasteiger partial charge >= 0.3 is 0 Å². The molecule has 22 heavy (non-hydrogen) atoms. The molecule has 0 N–H and O–H groups in total. The third-order valence-corrected chi connectivity index (χ3v) is 4.05. The van der Waals surface area contributed by atoms with Crippen LogP contribution >= 0.6 is 0 Å². The molecule has 0 atom stereocenters. The van der Waals surface area contributed by atoms with Crippen LogP contribution in [0, 0.1) is 0 Å². The molecule has 5 rings (SSSR count). The van der Waals surface area contributed by atoms with Gasteiger partial charge in [-0.3, -0.25) is 0 Å². The molecule has 0 unspecified atom stereocenters. The third-order valence-electron chi connectivity index (χ3n) is 4.05. The van der Waals surface area contributed by atoms with E-state index in [1.165, 1.54) is 34.7 Å². The predicted molar refractivity (Wildman–Crippen MR) is 97.2 cm³/mol. The number of hydrogen-bond donors (Lipinski definition) is 0. The first-order valence-corrected chi connectivity index (χ1v) is 8.08. The summed E-state index contributed by atoms with van der Waals surface area (Å²) < 4.78 is 0. The Kier molecular flexibility index (Phi) is 5.04. The van der Waals surface area contributed by atoms with Crippen molar-refractivity contribution < 1.29 is 0 Å². The van der Waals surface area contributed by atoms with Gasteiger partial charge in [-0.05, 0) is 47.6 Å². The fourth-order valence-electron chi connectivity index (χ4n) is 2.97. The third kappa shape index (κ3) is 3.65. The highest BCUT2D eigenvalue weighted by Crippen LogP contribution is 2.29. The van der Waals surface area contributed by atoms with Crippen LogP contribution in [0.4, 0.5) is 0 Å². The molecule has 0 aromatic heterocycles. The number of rotatable bonds is 0. The van der Waals surface area contributed by atoms with Crippen molar-refractivity contribution in [3.8, 4) is 0 Å². The Balaban J connectivity index is 0.000000119. The average Bonchev–Trinajstić information content (AvgIpc) is 3.34. The fourth-order valence-corrected chi connectivity index (χ4v) is 2.97. The summed E-state index contributed by atoms with van der Waals surface area (Å²) in [6, 6.07) is 13.2. The van der Waals surface area contributed by atoms with Gasteiger partial charge in [0.1, 0.15) is 0 Å². The summed E-state index contributed by atoms with van der Waals surface area (Å²) in [5.41, 5.74) is 3.06. The molecule has 0 spiro atoms. The highest BCUT2D eigenvalue weighted by atomic mass is 14.2. The Morgan fingerprint density at radius 1 is 0.545 bits per heavy atom. The fraction of sp³-hybridized carbons (Fsp3) is 0.182. The molecule has 0 bridgehead atoms. The van der Waals surface area contributed by atoms with Gasteiger partial charge in [0, 0.05) is 0 Å². The summed E-state index contributed by atoms with van der Waals surface area (Å²) >= 11 is 0. The van der Waals surface area contributed by atoms with E-state index in [2.05, 4.69) is 85.0 Å². The number of hydrogen-bond acceptors (Lipinski definition) is 0. The first-order chi connectivity index (χ1) is 10.9. The maximum absolute atomic E-state index is 2.25. The summed E-state index contributed by atoms with van der Waals surface area (Å²) in [6.07, 6.45) is 21.5. The Hall–Kier alpha value is -2.34. The van der Waals surface area contributed by atoms with Crippen molar-refractivity contribution in [1.29, 1.82) is 0 Å². The quantitative estimate of drug-likeness (QED) is 0.562. The van der Waals surface area contributed by atoms with E-state index in [-0.39, 0.29) is 0 Å². The topological polar surface area (TPSA) is 0 Å². The van der Waals surface area contributed by atoms with Gasteiger partial charge < -0.3 is 0 Å². The molecule has 0 heterocycles. The first-order valence-electron chi connectivity index (χ1n) is 8.08. The summed E-state index contributed by atoms with van der Waals surface area (Å²) in [5, 5.41) is 2.92. The predicted octanol–water partition coefficient (Wildman–Crippen LogP) is 5.94. The molecule has 2 aromatic rings. The lowest BCUT2D eigenvalue weighted by atomic mass is 10.1. The van der Waals surface area contributed by atoms with E-state index in [9.17, 15) is 0 Å². The van der Waals surface area contributed by atoms with E-state index >= 15 is 0 Å². The number of benzene rings is 2. The summed E-state index contributed by atoms with van der Waals surface area (Å²) in [6.45, 7) is 0. The summed E-state index contributed by atoms with van der Waals surface area (Å²) in [4.78, 5) is 0. The van der Waals surface area contributed by atoms with Crippen LogP contribution in [-0.2, 0) is 12.8 Å². The summed E-state index contributed by atoms with van der Waals surface area (Å²) in [7, 11) is 0. The van der Waals surface area contributed by atoms with E-state index in [1.807, 2.05) is 0 Å². The van der Waals surface area contributed by atoms with Crippen LogP contribution < -0.4 is 0 Å². The van der Waals surface area contributed by atoms with Gasteiger partial charge in [0.05, 0.1) is 0 Å². The van der Waals surface area contributed by atoms with Crippen molar-refractivity contribution in [2.24, 2.45) is 0 Å². The minimum absolute atomic E-state index is 1.14. The second kappa shape index (κ2) is 7.61. The van der Waals surface area contributed by atoms with Gasteiger partial charge in [-0.2, -0.15) is 0 Å². The van der Waals surface area contributed by atoms with Gasteiger partial charge in [0.25, 0.3) is 0 Å². The highest BCUT2D eigenvalue weighted by molar-refractivity contribution is 5.90. The molecule has 0 fully saturated rings. The largest absolute Gasteiger partial charge is 0.0808 e. The summed E-state index contributed by atoms with van der Waals surface area (Å²) in [5.74, 6) is 0. The van der Waals surface area contributed by atoms with Gasteiger partial charge in [0.2, 0.25) is 0 Å². The van der Waals surface area contributed by atoms with Crippen molar-refractivity contribution in [2.75, 3.05) is 0 Å². The van der Waals surface area contributed by atoms with E-state index in [4.69, 9.17) is 0 Å². The van der Waals surface area contributed by atoms with Crippen LogP contribution in [-0.4, -0.2) is 0 Å². The zero-order valence-corrected chi connectivity index (χ0v) is 12.9. The molecular weight excluding hydrogens is 264 g/mol. The van der Waals surface area contributed by atoms with Gasteiger partial charge in [-0.25, -0.2) is 0 Å². The zero-order chi connectivity index (χ0) is 15.0. The van der Waals surface area contributed by atoms with E-state index < -0.39 is 0 Å². The Morgan fingerprint density at radius 2 is 1.00 bits per heavy atom. The molecule has 2 aromatic carbocycles. The van der Waals surface area contributed by atoms with Crippen LogP contribution in [0.1, 0.15) is 24.0 Å². The van der Waals surface area contributed by atoms with Gasteiger partial charge in [-0.15, -0.1) is 0 Å². The Bertz CT molecular complexity index is 661. The second-order valence-corrected chi connectivity index (χ2v) is 5.62. The van der Waals surface area contributed by atoms with E-state index in [0.29, 0.717) is 0 Å². The van der Waals surface area contributed by atoms with Crippen LogP contribution in [0.15, 0.2) is 85.0 Å². The van der Waals surface area contributed by atoms with Crippen LogP contribution in [0.3, 0.4) is 0 Å². The van der Waals surface area contributed by atoms with Crippen LogP contribution in [0.2, 0.25) is 0 Å². The Labute approximate surface area is 133 Å². The standard InChI is InChI=1S/C12H10.2C5H6/c1-3-9-4-2-6-11-8-7-10(5-1)12(9)11;2*1-2-4-5-3-1/h1-6H,7-8H2;2*1-4H,5H2. The van der Waals surface area contributed by atoms with E-state index in [1.54, 1.807) is 0 Å². The van der Waals surface area contributed by atoms with Crippen LogP contribution in [0.25, 0.3) is 10.8 Å². The maximum atomic E-state index is 2.25. The molecule has 0 saturated heterocycles. The van der Waals surface area contributed by atoms with Crippen molar-refractivity contribution in [2.45, 2.75) is 25.7 Å². The van der Waals surface area contributed by atoms with Gasteiger partial charge in [-0.1, -0.05) is 85.0 Å². The maximum Gasteiger partial charge on any atom is -0.0120 e. The minimum Gasteiger partial charge on any atom is -0.0808 e. The SMILES string of the molecule is C1=CCC=C1.C1=CCC=C1.c1cc2c3c(cccc3c1)CC2. The molecule has 0 amide bonds. The lowest BCUT2D eigenvalue weighted by Gasteiger charge is -1.99. The van der Waals surface area contributed by atoms with Crippen LogP contribution in [0.5, 0.6) is 0 Å². The molecule has 3 aliphatic rings. The molecule has 0 heteroatoms. The van der Waals surface area contributed by atoms with Gasteiger partial charge in [0.15, 0.2) is 0 Å². The monoisotopic (exact) mass is 286 g/mol. The smallest absolute Gasteiger partial charge is 0.0120 e. The molecule has 0 aliphatic heterocycles. The molecule has 3 aliphatic carbocycles. The zero-order valence-electron chi connectivity index (χ0n) is 12.9. The highest BCUT2D eigenvalue weighted by Gasteiger charge is 2.11. The normalized spacial score (nSPS) is 15.6. The molecule has 0 saturated carbocycles. The molecular formula is C22H22. The lowest BCUT2D eigenvalue weighted by Crippen LogP contribution is -1.76. The second-order valence-electron chi connectivity index (χ2n) is 5.62. The lowest BCUT2D eigenvalue weighted by molar-refractivity contribution is 1.02. The Morgan fingerprint density at radius 3 is 1.36 bits per heavy atom. The number of aryl methyl sites for hydroxylation is 2. The number of allylic oxidation sites excluding steroid dienone is 8. The van der Waals surface area contributed by atoms with Crippen molar-refractivity contribution >= 4 is 10.8 Å². The van der Waals surface area contributed by atoms with Crippen molar-refractivity contribution in [3.05, 3.63) is 96.1 Å². The first kappa shape index (κ1) is 14.6. The average molecular weight is 286 g/mol. The molecule has 0 radical (unpaired) electrons. The van der Waals surface area contributed by atoms with Crippen molar-refractivity contribution in [1.82, 2.24) is 0 Å². The molecule has 0 nitrogen and oxygen atoms in total. The minimum atomic E-state index is 1.14. The molecule has 110 valence electrons. The van der Waals surface area contributed by atoms with Crippen molar-refractivity contribution in [3.63, 3.8) is 0 Å².